The highest BCUT2D eigenvalue weighted by molar-refractivity contribution is 7.16. The number of aliphatic hydroxyl groups excluding tert-OH is 1. The summed E-state index contributed by atoms with van der Waals surface area (Å²) in [5, 5.41) is 10.2. The minimum absolute atomic E-state index is 0.0852. The molecule has 0 bridgehead atoms. The van der Waals surface area contributed by atoms with E-state index in [1.54, 1.807) is 6.92 Å². The zero-order valence-electron chi connectivity index (χ0n) is 25.1. The molecular weight excluding hydrogens is 601 g/mol. The third kappa shape index (κ3) is 7.32. The minimum atomic E-state index is -1.23. The lowest BCUT2D eigenvalue weighted by molar-refractivity contribution is 0.0519. The van der Waals surface area contributed by atoms with Gasteiger partial charge in [0.05, 0.1) is 16.8 Å². The molecule has 0 aliphatic carbocycles. The largest absolute Gasteiger partial charge is 0.461 e. The van der Waals surface area contributed by atoms with Gasteiger partial charge in [-0.25, -0.2) is 9.78 Å². The van der Waals surface area contributed by atoms with Crippen LogP contribution in [0.3, 0.4) is 0 Å². The first-order valence-electron chi connectivity index (χ1n) is 14.6. The van der Waals surface area contributed by atoms with E-state index in [0.29, 0.717) is 53.2 Å². The van der Waals surface area contributed by atoms with Gasteiger partial charge in [-0.05, 0) is 48.7 Å². The number of para-hydroxylation sites is 1. The van der Waals surface area contributed by atoms with Crippen LogP contribution in [0.2, 0.25) is 25.7 Å². The van der Waals surface area contributed by atoms with Gasteiger partial charge in [0.25, 0.3) is 5.91 Å². The van der Waals surface area contributed by atoms with E-state index in [-0.39, 0.29) is 24.8 Å². The molecule has 1 aliphatic heterocycles. The summed E-state index contributed by atoms with van der Waals surface area (Å²) in [7, 11) is -1.23. The first kappa shape index (κ1) is 31.3. The van der Waals surface area contributed by atoms with Gasteiger partial charge in [0.1, 0.15) is 6.73 Å². The number of esters is 1. The second-order valence-electron chi connectivity index (χ2n) is 11.6. The number of fused-ring (bicyclic) bond motifs is 2. The van der Waals surface area contributed by atoms with Crippen molar-refractivity contribution >= 4 is 58.0 Å². The molecule has 0 radical (unpaired) electrons. The molecular formula is C31H38N4O5S2Si. The van der Waals surface area contributed by atoms with Gasteiger partial charge < -0.3 is 19.5 Å². The molecule has 1 amide bonds. The number of thiazole rings is 2. The van der Waals surface area contributed by atoms with Gasteiger partial charge in [0.2, 0.25) is 0 Å². The van der Waals surface area contributed by atoms with Crippen molar-refractivity contribution in [2.75, 3.05) is 31.3 Å². The molecule has 0 unspecified atom stereocenters. The van der Waals surface area contributed by atoms with Gasteiger partial charge in [-0.1, -0.05) is 55.2 Å². The number of rotatable bonds is 11. The lowest BCUT2D eigenvalue weighted by Crippen LogP contribution is -2.31. The van der Waals surface area contributed by atoms with Gasteiger partial charge in [-0.2, -0.15) is 4.99 Å². The third-order valence-corrected chi connectivity index (χ3v) is 11.2. The Morgan fingerprint density at radius 2 is 1.93 bits per heavy atom. The van der Waals surface area contributed by atoms with Crippen molar-refractivity contribution in [3.63, 3.8) is 0 Å². The van der Waals surface area contributed by atoms with Gasteiger partial charge in [-0.15, -0.1) is 11.3 Å². The number of carbonyl (C=O) groups is 2. The van der Waals surface area contributed by atoms with E-state index in [9.17, 15) is 14.7 Å². The highest BCUT2D eigenvalue weighted by Gasteiger charge is 2.27. The Morgan fingerprint density at radius 3 is 2.70 bits per heavy atom. The van der Waals surface area contributed by atoms with Crippen LogP contribution in [0.1, 0.15) is 43.8 Å². The Bertz CT molecular complexity index is 1690. The SMILES string of the molecule is CCOC(=O)c1nc(N2CCc3cccc(C(=O)N=c4sc5ccccc5n4COCC[Si](C)(C)C)c3C2)sc1CCO. The average Bonchev–Trinajstić information content (AvgIpc) is 3.56. The predicted octanol–water partition coefficient (Wildman–Crippen LogP) is 5.49. The van der Waals surface area contributed by atoms with E-state index >= 15 is 0 Å². The van der Waals surface area contributed by atoms with E-state index in [1.165, 1.54) is 22.7 Å². The van der Waals surface area contributed by atoms with E-state index in [2.05, 4.69) is 40.6 Å². The highest BCUT2D eigenvalue weighted by atomic mass is 32.1. The number of aliphatic hydroxyl groups is 1. The highest BCUT2D eigenvalue weighted by Crippen LogP contribution is 2.32. The van der Waals surface area contributed by atoms with Gasteiger partial charge in [-0.3, -0.25) is 9.36 Å². The summed E-state index contributed by atoms with van der Waals surface area (Å²) < 4.78 is 14.3. The van der Waals surface area contributed by atoms with Crippen LogP contribution in [0.4, 0.5) is 5.13 Å². The Kier molecular flexibility index (Phi) is 9.92. The second kappa shape index (κ2) is 13.6. The number of ether oxygens (including phenoxy) is 2. The number of hydrogen-bond donors (Lipinski definition) is 1. The van der Waals surface area contributed by atoms with E-state index in [0.717, 1.165) is 33.8 Å². The fourth-order valence-corrected chi connectivity index (χ4v) is 7.80. The second-order valence-corrected chi connectivity index (χ2v) is 19.3. The van der Waals surface area contributed by atoms with E-state index < -0.39 is 14.0 Å². The first-order valence-corrected chi connectivity index (χ1v) is 19.9. The lowest BCUT2D eigenvalue weighted by atomic mass is 9.95. The molecule has 4 aromatic rings. The van der Waals surface area contributed by atoms with Gasteiger partial charge in [0, 0.05) is 51.2 Å². The molecule has 0 spiro atoms. The number of hydrogen-bond acceptors (Lipinski definition) is 9. The van der Waals surface area contributed by atoms with Gasteiger partial charge in [0.15, 0.2) is 15.6 Å². The van der Waals surface area contributed by atoms with Crippen molar-refractivity contribution in [1.29, 1.82) is 0 Å². The molecule has 0 fully saturated rings. The normalized spacial score (nSPS) is 13.9. The van der Waals surface area contributed by atoms with Crippen LogP contribution in [0.5, 0.6) is 0 Å². The number of amides is 1. The van der Waals surface area contributed by atoms with Crippen LogP contribution in [0.15, 0.2) is 47.5 Å². The summed E-state index contributed by atoms with van der Waals surface area (Å²) in [6.45, 7) is 11.1. The zero-order chi connectivity index (χ0) is 30.6. The monoisotopic (exact) mass is 638 g/mol. The van der Waals surface area contributed by atoms with Crippen LogP contribution in [-0.2, 0) is 35.6 Å². The fraction of sp³-hybridized carbons (Fsp3) is 0.419. The molecule has 0 saturated heterocycles. The summed E-state index contributed by atoms with van der Waals surface area (Å²) in [5.41, 5.74) is 3.83. The molecule has 43 heavy (non-hydrogen) atoms. The van der Waals surface area contributed by atoms with Crippen molar-refractivity contribution in [1.82, 2.24) is 9.55 Å². The van der Waals surface area contributed by atoms with Crippen LogP contribution in [-0.4, -0.2) is 61.0 Å². The van der Waals surface area contributed by atoms with Crippen molar-refractivity contribution in [3.05, 3.63) is 74.5 Å². The average molecular weight is 639 g/mol. The predicted molar refractivity (Wildman–Crippen MR) is 174 cm³/mol. The number of benzene rings is 2. The minimum Gasteiger partial charge on any atom is -0.461 e. The molecule has 1 aliphatic rings. The third-order valence-electron chi connectivity index (χ3n) is 7.27. The topological polar surface area (TPSA) is 106 Å². The Labute approximate surface area is 260 Å². The molecule has 0 saturated carbocycles. The molecule has 3 heterocycles. The fourth-order valence-electron chi connectivity index (χ4n) is 4.96. The standard InChI is InChI=1S/C31H38N4O5S2Si/c1-5-40-29(38)27-26(14-16-36)42-30(32-27)34-15-13-21-9-8-10-22(23(21)19-34)28(37)33-31-35(20-39-17-18-43(2,3)4)24-11-6-7-12-25(24)41-31/h6-12,36H,5,13-20H2,1-4H3. The van der Waals surface area contributed by atoms with Crippen LogP contribution < -0.4 is 9.70 Å². The zero-order valence-corrected chi connectivity index (χ0v) is 27.7. The lowest BCUT2D eigenvalue weighted by Gasteiger charge is -2.29. The van der Waals surface area contributed by atoms with Crippen molar-refractivity contribution in [2.24, 2.45) is 4.99 Å². The molecule has 9 nitrogen and oxygen atoms in total. The van der Waals surface area contributed by atoms with Gasteiger partial charge >= 0.3 is 5.97 Å². The Morgan fingerprint density at radius 1 is 1.12 bits per heavy atom. The molecule has 1 N–H and O–H groups in total. The van der Waals surface area contributed by atoms with Crippen molar-refractivity contribution < 1.29 is 24.2 Å². The van der Waals surface area contributed by atoms with Crippen molar-refractivity contribution in [2.45, 2.75) is 58.7 Å². The molecule has 0 atom stereocenters. The smallest absolute Gasteiger partial charge is 0.358 e. The molecule has 228 valence electrons. The maximum absolute atomic E-state index is 13.8. The molecule has 5 rings (SSSR count). The Hall–Kier alpha value is -3.16. The number of aromatic nitrogens is 2. The first-order chi connectivity index (χ1) is 20.7. The van der Waals surface area contributed by atoms with Crippen LogP contribution in [0.25, 0.3) is 10.2 Å². The molecule has 2 aromatic heterocycles. The van der Waals surface area contributed by atoms with Crippen LogP contribution in [0, 0.1) is 0 Å². The molecule has 12 heteroatoms. The maximum atomic E-state index is 13.8. The summed E-state index contributed by atoms with van der Waals surface area (Å²) in [5.74, 6) is -0.782. The molecule has 2 aromatic carbocycles. The summed E-state index contributed by atoms with van der Waals surface area (Å²) >= 11 is 2.87. The summed E-state index contributed by atoms with van der Waals surface area (Å²) in [6, 6.07) is 14.9. The van der Waals surface area contributed by atoms with Crippen LogP contribution >= 0.6 is 22.7 Å². The summed E-state index contributed by atoms with van der Waals surface area (Å²) in [6.07, 6.45) is 1.06. The van der Waals surface area contributed by atoms with E-state index in [1.807, 2.05) is 41.0 Å². The Balaban J connectivity index is 1.44. The maximum Gasteiger partial charge on any atom is 0.358 e. The number of nitrogens with zero attached hydrogens (tertiary/aromatic N) is 4. The number of carbonyl (C=O) groups excluding carboxylic acids is 2. The quantitative estimate of drug-likeness (QED) is 0.132. The summed E-state index contributed by atoms with van der Waals surface area (Å²) in [4.78, 5) is 39.0. The van der Waals surface area contributed by atoms with E-state index in [4.69, 9.17) is 9.47 Å². The number of anilines is 1. The van der Waals surface area contributed by atoms with Crippen molar-refractivity contribution in [3.8, 4) is 0 Å².